The van der Waals surface area contributed by atoms with Crippen LogP contribution in [0.1, 0.15) is 27.5 Å². The highest BCUT2D eigenvalue weighted by Gasteiger charge is 2.24. The average molecular weight is 487 g/mol. The van der Waals surface area contributed by atoms with Crippen molar-refractivity contribution in [3.8, 4) is 0 Å². The predicted octanol–water partition coefficient (Wildman–Crippen LogP) is 2.78. The summed E-state index contributed by atoms with van der Waals surface area (Å²) in [5.41, 5.74) is 2.10. The molecule has 6 nitrogen and oxygen atoms in total. The van der Waals surface area contributed by atoms with Crippen LogP contribution in [0.25, 0.3) is 0 Å². The Labute approximate surface area is 200 Å². The molecular formula is C25H29ClN3O3S+. The van der Waals surface area contributed by atoms with Gasteiger partial charge in [-0.25, -0.2) is 8.42 Å². The van der Waals surface area contributed by atoms with Crippen LogP contribution in [0, 0.1) is 0 Å². The van der Waals surface area contributed by atoms with Crippen molar-refractivity contribution in [3.05, 3.63) is 101 Å². The Bertz CT molecular complexity index is 1190. The molecule has 0 aromatic heterocycles. The van der Waals surface area contributed by atoms with Gasteiger partial charge < -0.3 is 10.2 Å². The van der Waals surface area contributed by atoms with Crippen LogP contribution in [0.15, 0.2) is 83.8 Å². The maximum absolute atomic E-state index is 13.1. The Morgan fingerprint density at radius 1 is 1.00 bits per heavy atom. The molecule has 1 amide bonds. The van der Waals surface area contributed by atoms with Crippen LogP contribution in [-0.2, 0) is 16.6 Å². The van der Waals surface area contributed by atoms with Crippen LogP contribution in [0.2, 0.25) is 5.02 Å². The van der Waals surface area contributed by atoms with E-state index in [0.29, 0.717) is 6.54 Å². The van der Waals surface area contributed by atoms with Gasteiger partial charge >= 0.3 is 0 Å². The predicted molar refractivity (Wildman–Crippen MR) is 131 cm³/mol. The maximum Gasteiger partial charge on any atom is 0.253 e. The standard InChI is InChI=1S/C25H28ClN3O3S/c1-28(2)24(20-12-8-5-9-13-20)17-27-25(30)22-16-21(14-15-23(22)26)33(31,32)29(3)18-19-10-6-4-7-11-19/h4-16,24H,17-18H2,1-3H3,(H,27,30)/p+1/t24-/m0/s1. The largest absolute Gasteiger partial charge is 0.346 e. The number of hydrogen-bond donors (Lipinski definition) is 2. The molecule has 0 bridgehead atoms. The third-order valence-corrected chi connectivity index (χ3v) is 7.63. The fraction of sp³-hybridized carbons (Fsp3) is 0.240. The second-order valence-electron chi connectivity index (χ2n) is 8.14. The zero-order valence-corrected chi connectivity index (χ0v) is 20.5. The highest BCUT2D eigenvalue weighted by molar-refractivity contribution is 7.89. The molecule has 0 fully saturated rings. The monoisotopic (exact) mass is 486 g/mol. The van der Waals surface area contributed by atoms with Gasteiger partial charge in [-0.1, -0.05) is 72.3 Å². The minimum absolute atomic E-state index is 0.0216. The van der Waals surface area contributed by atoms with E-state index in [4.69, 9.17) is 11.6 Å². The number of amides is 1. The molecule has 0 radical (unpaired) electrons. The second-order valence-corrected chi connectivity index (χ2v) is 10.6. The number of rotatable bonds is 9. The van der Waals surface area contributed by atoms with Crippen molar-refractivity contribution in [1.29, 1.82) is 0 Å². The smallest absolute Gasteiger partial charge is 0.253 e. The van der Waals surface area contributed by atoms with Gasteiger partial charge in [0.15, 0.2) is 0 Å². The number of hydrogen-bond acceptors (Lipinski definition) is 3. The number of likely N-dealkylation sites (N-methyl/N-ethyl adjacent to an activating group) is 1. The maximum atomic E-state index is 13.1. The third-order valence-electron chi connectivity index (χ3n) is 5.50. The summed E-state index contributed by atoms with van der Waals surface area (Å²) in [6.07, 6.45) is 0. The molecule has 0 unspecified atom stereocenters. The lowest BCUT2D eigenvalue weighted by molar-refractivity contribution is -0.890. The van der Waals surface area contributed by atoms with Gasteiger partial charge in [0.25, 0.3) is 5.91 Å². The van der Waals surface area contributed by atoms with Crippen LogP contribution >= 0.6 is 11.6 Å². The van der Waals surface area contributed by atoms with E-state index in [1.165, 1.54) is 29.6 Å². The van der Waals surface area contributed by atoms with Gasteiger partial charge in [-0.05, 0) is 23.8 Å². The summed E-state index contributed by atoms with van der Waals surface area (Å²) in [7, 11) is 1.75. The van der Waals surface area contributed by atoms with Crippen molar-refractivity contribution in [2.75, 3.05) is 27.7 Å². The summed E-state index contributed by atoms with van der Waals surface area (Å²) in [5.74, 6) is -0.412. The van der Waals surface area contributed by atoms with E-state index in [9.17, 15) is 13.2 Å². The normalized spacial score (nSPS) is 12.7. The van der Waals surface area contributed by atoms with Gasteiger partial charge in [-0.2, -0.15) is 4.31 Å². The minimum atomic E-state index is -3.81. The lowest BCUT2D eigenvalue weighted by Crippen LogP contribution is -3.07. The molecule has 0 aliphatic rings. The molecule has 0 heterocycles. The highest BCUT2D eigenvalue weighted by atomic mass is 35.5. The first kappa shape index (κ1) is 24.9. The van der Waals surface area contributed by atoms with Gasteiger partial charge in [0.05, 0.1) is 36.1 Å². The number of nitrogens with zero attached hydrogens (tertiary/aromatic N) is 1. The van der Waals surface area contributed by atoms with Crippen LogP contribution in [-0.4, -0.2) is 46.3 Å². The molecule has 1 atom stereocenters. The Morgan fingerprint density at radius 2 is 1.61 bits per heavy atom. The zero-order valence-electron chi connectivity index (χ0n) is 19.0. The Hall–Kier alpha value is -2.71. The Balaban J connectivity index is 1.78. The Morgan fingerprint density at radius 3 is 2.21 bits per heavy atom. The van der Waals surface area contributed by atoms with Crippen molar-refractivity contribution < 1.29 is 18.1 Å². The first-order chi connectivity index (χ1) is 15.7. The van der Waals surface area contributed by atoms with Crippen molar-refractivity contribution in [3.63, 3.8) is 0 Å². The summed E-state index contributed by atoms with van der Waals surface area (Å²) >= 11 is 6.27. The van der Waals surface area contributed by atoms with Crippen molar-refractivity contribution >= 4 is 27.5 Å². The molecule has 0 saturated carbocycles. The molecule has 0 saturated heterocycles. The summed E-state index contributed by atoms with van der Waals surface area (Å²) in [6, 6.07) is 23.5. The molecular weight excluding hydrogens is 458 g/mol. The van der Waals surface area contributed by atoms with Crippen molar-refractivity contribution in [1.82, 2.24) is 9.62 Å². The first-order valence-corrected chi connectivity index (χ1v) is 12.4. The molecule has 3 aromatic rings. The second kappa shape index (κ2) is 10.9. The number of sulfonamides is 1. The van der Waals surface area contributed by atoms with Crippen LogP contribution in [0.3, 0.4) is 0 Å². The van der Waals surface area contributed by atoms with E-state index in [1.807, 2.05) is 74.8 Å². The summed E-state index contributed by atoms with van der Waals surface area (Å²) in [4.78, 5) is 14.1. The van der Waals surface area contributed by atoms with E-state index in [-0.39, 0.29) is 28.1 Å². The fourth-order valence-electron chi connectivity index (χ4n) is 3.57. The van der Waals surface area contributed by atoms with Crippen LogP contribution in [0.4, 0.5) is 0 Å². The van der Waals surface area contributed by atoms with E-state index in [1.54, 1.807) is 0 Å². The fourth-order valence-corrected chi connectivity index (χ4v) is 4.96. The summed E-state index contributed by atoms with van der Waals surface area (Å²) in [6.45, 7) is 0.601. The zero-order chi connectivity index (χ0) is 24.0. The van der Waals surface area contributed by atoms with Gasteiger partial charge in [0.2, 0.25) is 10.0 Å². The topological polar surface area (TPSA) is 70.9 Å². The lowest BCUT2D eigenvalue weighted by atomic mass is 10.1. The number of nitrogens with one attached hydrogen (secondary N) is 2. The molecule has 174 valence electrons. The minimum Gasteiger partial charge on any atom is -0.346 e. The molecule has 33 heavy (non-hydrogen) atoms. The SMILES string of the molecule is CN(Cc1ccccc1)S(=O)(=O)c1ccc(Cl)c(C(=O)NC[C@@H](c2ccccc2)[NH+](C)C)c1. The average Bonchev–Trinajstić information content (AvgIpc) is 2.80. The molecule has 0 spiro atoms. The Kier molecular flexibility index (Phi) is 8.26. The molecule has 0 aliphatic heterocycles. The molecule has 3 aromatic carbocycles. The summed E-state index contributed by atoms with van der Waals surface area (Å²) in [5, 5.41) is 3.11. The molecule has 0 aliphatic carbocycles. The van der Waals surface area contributed by atoms with Gasteiger partial charge in [-0.15, -0.1) is 0 Å². The van der Waals surface area contributed by atoms with Crippen molar-refractivity contribution in [2.24, 2.45) is 0 Å². The summed E-state index contributed by atoms with van der Waals surface area (Å²) < 4.78 is 27.5. The van der Waals surface area contributed by atoms with Crippen LogP contribution < -0.4 is 10.2 Å². The number of quaternary nitrogens is 1. The lowest BCUT2D eigenvalue weighted by Gasteiger charge is -2.22. The van der Waals surface area contributed by atoms with E-state index in [0.717, 1.165) is 16.0 Å². The van der Waals surface area contributed by atoms with E-state index >= 15 is 0 Å². The van der Waals surface area contributed by atoms with Crippen LogP contribution in [0.5, 0.6) is 0 Å². The van der Waals surface area contributed by atoms with E-state index < -0.39 is 15.9 Å². The number of benzene rings is 3. The van der Waals surface area contributed by atoms with Gasteiger partial charge in [0.1, 0.15) is 6.04 Å². The quantitative estimate of drug-likeness (QED) is 0.488. The first-order valence-electron chi connectivity index (χ1n) is 10.6. The number of carbonyl (C=O) groups is 1. The van der Waals surface area contributed by atoms with Crippen molar-refractivity contribution in [2.45, 2.75) is 17.5 Å². The van der Waals surface area contributed by atoms with Gasteiger partial charge in [-0.3, -0.25) is 4.79 Å². The molecule has 3 rings (SSSR count). The van der Waals surface area contributed by atoms with E-state index in [2.05, 4.69) is 5.32 Å². The molecule has 2 N–H and O–H groups in total. The van der Waals surface area contributed by atoms with Gasteiger partial charge in [0, 0.05) is 19.2 Å². The third kappa shape index (κ3) is 6.21. The number of carbonyl (C=O) groups excluding carboxylic acids is 1. The molecule has 8 heteroatoms. The highest BCUT2D eigenvalue weighted by Crippen LogP contribution is 2.23. The number of halogens is 1.